The van der Waals surface area contributed by atoms with Gasteiger partial charge in [-0.25, -0.2) is 14.8 Å². The number of anilines is 3. The predicted octanol–water partition coefficient (Wildman–Crippen LogP) is 0.329. The minimum absolute atomic E-state index is 0.0651. The Bertz CT molecular complexity index is 2780. The second-order valence-electron chi connectivity index (χ2n) is 16.6. The summed E-state index contributed by atoms with van der Waals surface area (Å²) in [6, 6.07) is 7.61. The summed E-state index contributed by atoms with van der Waals surface area (Å²) in [6.07, 6.45) is 0.420. The summed E-state index contributed by atoms with van der Waals surface area (Å²) in [5, 5.41) is 83.2. The number of fused-ring (bicyclic) bond motifs is 4. The van der Waals surface area contributed by atoms with E-state index in [1.807, 2.05) is 0 Å². The fourth-order valence-corrected chi connectivity index (χ4v) is 8.86. The summed E-state index contributed by atoms with van der Waals surface area (Å²) in [7, 11) is 4.70. The standard InChI is InChI=1S/C43H46N10O13/c1-42(65)21-6-5-7-25(54)27(21)32(57)28-22(42)14-23-31(52(2)3)33(58)29(35(60)43(23,66)34(28)59)39(62)46-17-47-41-50-36(44)30-37(51-41)45-15-19(48-30)16-53(4)20-10-8-18(9-11-20)38(61)49-24(40(63)64)12-13-26(55)56/h5-11,15,22-24,31,54,57,60,65-66H,12-14,16-17H2,1-4H3,(H,46,62)(H,49,61)(H,55,56)(H,63,64)(H3,44,45,47,50,51)/t22-,23-,24?,31-,42+,43-/m0/s1. The first-order chi connectivity index (χ1) is 31.1. The Morgan fingerprint density at radius 3 is 2.30 bits per heavy atom. The molecule has 346 valence electrons. The summed E-state index contributed by atoms with van der Waals surface area (Å²) in [4.78, 5) is 97.6. The van der Waals surface area contributed by atoms with Crippen molar-refractivity contribution in [2.75, 3.05) is 43.8 Å². The highest BCUT2D eigenvalue weighted by atomic mass is 16.4. The maximum Gasteiger partial charge on any atom is 0.326 e. The number of phenolic OH excluding ortho intramolecular Hbond substituents is 1. The van der Waals surface area contributed by atoms with E-state index in [1.165, 1.54) is 62.4 Å². The van der Waals surface area contributed by atoms with Crippen molar-refractivity contribution in [2.45, 2.75) is 56.0 Å². The van der Waals surface area contributed by atoms with Gasteiger partial charge in [-0.2, -0.15) is 9.97 Å². The molecule has 0 aliphatic heterocycles. The van der Waals surface area contributed by atoms with Gasteiger partial charge in [-0.3, -0.25) is 28.9 Å². The lowest BCUT2D eigenvalue weighted by Crippen LogP contribution is -2.67. The number of aromatic nitrogens is 4. The molecule has 0 spiro atoms. The van der Waals surface area contributed by atoms with E-state index in [2.05, 4.69) is 35.9 Å². The molecule has 2 aromatic carbocycles. The molecule has 2 amide bonds. The average molecular weight is 911 g/mol. The molecule has 3 aliphatic carbocycles. The number of aromatic hydroxyl groups is 1. The fourth-order valence-electron chi connectivity index (χ4n) is 8.86. The SMILES string of the molecule is CN(Cc1cnc2nc(NCNC(=O)C3=C(O)[C@@]4(O)C(=O)C5=C(O)c6c(O)cccc6[C@@](C)(O)[C@H]5C[C@H]4[C@H](N(C)C)C3=O)nc(N)c2n1)c1ccc(C(=O)NC(CCC(=O)O)C(=O)O)cc1. The van der Waals surface area contributed by atoms with E-state index in [0.717, 1.165) is 0 Å². The van der Waals surface area contributed by atoms with Crippen molar-refractivity contribution in [3.05, 3.63) is 88.0 Å². The third-order valence-electron chi connectivity index (χ3n) is 12.2. The molecule has 6 atom stereocenters. The van der Waals surface area contributed by atoms with Crippen LogP contribution >= 0.6 is 0 Å². The van der Waals surface area contributed by atoms with Gasteiger partial charge < -0.3 is 62.3 Å². The molecule has 0 saturated heterocycles. The van der Waals surface area contributed by atoms with Crippen LogP contribution in [-0.4, -0.2) is 141 Å². The molecule has 23 nitrogen and oxygen atoms in total. The lowest BCUT2D eigenvalue weighted by molar-refractivity contribution is -0.159. The number of amides is 2. The monoisotopic (exact) mass is 910 g/mol. The molecule has 1 saturated carbocycles. The molecule has 7 rings (SSSR count). The van der Waals surface area contributed by atoms with Crippen molar-refractivity contribution < 1.29 is 64.5 Å². The van der Waals surface area contributed by atoms with Gasteiger partial charge >= 0.3 is 11.9 Å². The van der Waals surface area contributed by atoms with Crippen molar-refractivity contribution in [3.8, 4) is 5.75 Å². The zero-order valence-corrected chi connectivity index (χ0v) is 35.8. The molecule has 4 aromatic rings. The summed E-state index contributed by atoms with van der Waals surface area (Å²) in [5.41, 5.74) is 1.36. The van der Waals surface area contributed by atoms with Gasteiger partial charge in [-0.15, -0.1) is 0 Å². The lowest BCUT2D eigenvalue weighted by atomic mass is 9.54. The molecule has 12 N–H and O–H groups in total. The maximum atomic E-state index is 14.4. The van der Waals surface area contributed by atoms with Crippen molar-refractivity contribution in [2.24, 2.45) is 11.8 Å². The number of hydrogen-bond donors (Lipinski definition) is 11. The Morgan fingerprint density at radius 1 is 0.955 bits per heavy atom. The Labute approximate surface area is 374 Å². The molecule has 1 fully saturated rings. The average Bonchev–Trinajstić information content (AvgIpc) is 3.25. The van der Waals surface area contributed by atoms with E-state index in [4.69, 9.17) is 10.8 Å². The smallest absolute Gasteiger partial charge is 0.326 e. The first-order valence-corrected chi connectivity index (χ1v) is 20.4. The topological polar surface area (TPSA) is 364 Å². The largest absolute Gasteiger partial charge is 0.508 e. The molecule has 2 aromatic heterocycles. The number of likely N-dealkylation sites (N-methyl/N-ethyl adjacent to an activating group) is 1. The number of aliphatic hydroxyl groups is 4. The van der Waals surface area contributed by atoms with E-state index < -0.39 is 112 Å². The molecule has 0 radical (unpaired) electrons. The Kier molecular flexibility index (Phi) is 12.1. The number of carbonyl (C=O) groups excluding carboxylic acids is 4. The van der Waals surface area contributed by atoms with Crippen molar-refractivity contribution in [3.63, 3.8) is 0 Å². The number of nitrogens with one attached hydrogen (secondary N) is 3. The molecular formula is C43H46N10O13. The highest BCUT2D eigenvalue weighted by molar-refractivity contribution is 6.25. The summed E-state index contributed by atoms with van der Waals surface area (Å²) < 4.78 is 0. The second kappa shape index (κ2) is 17.3. The van der Waals surface area contributed by atoms with Gasteiger partial charge in [0.25, 0.3) is 11.8 Å². The summed E-state index contributed by atoms with van der Waals surface area (Å²) in [5.74, 6) is -11.8. The van der Waals surface area contributed by atoms with Crippen molar-refractivity contribution in [1.82, 2.24) is 35.5 Å². The van der Waals surface area contributed by atoms with Crippen LogP contribution in [0.3, 0.4) is 0 Å². The van der Waals surface area contributed by atoms with E-state index in [-0.39, 0.29) is 59.0 Å². The number of nitrogens with two attached hydrogens (primary N) is 1. The number of nitrogen functional groups attached to an aromatic ring is 1. The van der Waals surface area contributed by atoms with Gasteiger partial charge in [0.05, 0.1) is 42.3 Å². The predicted molar refractivity (Wildman–Crippen MR) is 231 cm³/mol. The van der Waals surface area contributed by atoms with Crippen LogP contribution in [0.2, 0.25) is 0 Å². The molecule has 66 heavy (non-hydrogen) atoms. The summed E-state index contributed by atoms with van der Waals surface area (Å²) >= 11 is 0. The summed E-state index contributed by atoms with van der Waals surface area (Å²) in [6.45, 7) is 1.11. The molecular weight excluding hydrogens is 865 g/mol. The number of ketones is 2. The van der Waals surface area contributed by atoms with Crippen LogP contribution < -0.4 is 26.6 Å². The molecule has 2 heterocycles. The maximum absolute atomic E-state index is 14.4. The van der Waals surface area contributed by atoms with Gasteiger partial charge in [-0.05, 0) is 69.8 Å². The van der Waals surface area contributed by atoms with Gasteiger partial charge in [-0.1, -0.05) is 12.1 Å². The number of phenols is 1. The molecule has 23 heteroatoms. The van der Waals surface area contributed by atoms with Crippen molar-refractivity contribution >= 4 is 69.7 Å². The Balaban J connectivity index is 1.04. The van der Waals surface area contributed by atoms with Crippen LogP contribution in [0.25, 0.3) is 16.9 Å². The van der Waals surface area contributed by atoms with Gasteiger partial charge in [0, 0.05) is 42.1 Å². The van der Waals surface area contributed by atoms with Crippen LogP contribution in [0.15, 0.2) is 65.6 Å². The van der Waals surface area contributed by atoms with Gasteiger partial charge in [0.15, 0.2) is 28.4 Å². The second-order valence-corrected chi connectivity index (χ2v) is 16.6. The number of hydrogen-bond acceptors (Lipinski definition) is 19. The quantitative estimate of drug-likeness (QED) is 0.0600. The van der Waals surface area contributed by atoms with E-state index >= 15 is 0 Å². The van der Waals surface area contributed by atoms with Crippen molar-refractivity contribution in [1.29, 1.82) is 0 Å². The number of nitrogens with zero attached hydrogens (tertiary/aromatic N) is 6. The zero-order valence-electron chi connectivity index (χ0n) is 35.8. The van der Waals surface area contributed by atoms with Crippen LogP contribution in [0.1, 0.15) is 53.4 Å². The van der Waals surface area contributed by atoms with E-state index in [0.29, 0.717) is 11.4 Å². The number of benzene rings is 2. The number of carboxylic acids is 2. The minimum atomic E-state index is -2.91. The minimum Gasteiger partial charge on any atom is -0.508 e. The van der Waals surface area contributed by atoms with E-state index in [9.17, 15) is 59.4 Å². The lowest BCUT2D eigenvalue weighted by Gasteiger charge is -2.53. The third kappa shape index (κ3) is 8.02. The fraction of sp³-hybridized carbons (Fsp3) is 0.349. The Morgan fingerprint density at radius 2 is 1.65 bits per heavy atom. The number of carboxylic acid groups (broad SMARTS) is 2. The number of aliphatic hydroxyl groups excluding tert-OH is 2. The normalized spacial score (nSPS) is 22.9. The van der Waals surface area contributed by atoms with Crippen LogP contribution in [0.4, 0.5) is 17.5 Å². The highest BCUT2D eigenvalue weighted by Crippen LogP contribution is 2.57. The Hall–Kier alpha value is -7.76. The van der Waals surface area contributed by atoms with Gasteiger partial charge in [0.2, 0.25) is 11.7 Å². The van der Waals surface area contributed by atoms with Crippen LogP contribution in [0.5, 0.6) is 5.75 Å². The number of Topliss-reactive ketones (excluding diaryl/α,β-unsaturated/α-hetero) is 2. The molecule has 1 unspecified atom stereocenters. The number of carbonyl (C=O) groups is 6. The van der Waals surface area contributed by atoms with Gasteiger partial charge in [0.1, 0.15) is 28.9 Å². The molecule has 3 aliphatic rings. The first-order valence-electron chi connectivity index (χ1n) is 20.4. The van der Waals surface area contributed by atoms with E-state index in [1.54, 1.807) is 24.1 Å². The van der Waals surface area contributed by atoms with Crippen LogP contribution in [0, 0.1) is 11.8 Å². The number of aliphatic carboxylic acids is 2. The third-order valence-corrected chi connectivity index (χ3v) is 12.2. The van der Waals surface area contributed by atoms with Crippen LogP contribution in [-0.2, 0) is 36.1 Å². The first kappa shape index (κ1) is 46.2. The highest BCUT2D eigenvalue weighted by Gasteiger charge is 2.66. The molecule has 0 bridgehead atoms. The number of rotatable bonds is 14. The zero-order chi connectivity index (χ0) is 48.2.